The molecule has 0 aromatic rings. The zero-order valence-electron chi connectivity index (χ0n) is 9.01. The molecule has 5 nitrogen and oxygen atoms in total. The van der Waals surface area contributed by atoms with Gasteiger partial charge in [0.15, 0.2) is 12.6 Å². The normalized spacial score (nSPS) is 54.8. The van der Waals surface area contributed by atoms with Crippen molar-refractivity contribution < 1.29 is 18.9 Å². The van der Waals surface area contributed by atoms with Gasteiger partial charge in [-0.25, -0.2) is 0 Å². The molecule has 3 rings (SSSR count). The number of rotatable bonds is 1. The summed E-state index contributed by atoms with van der Waals surface area (Å²) in [7, 11) is 0. The second kappa shape index (κ2) is 3.68. The minimum absolute atomic E-state index is 0.00458. The van der Waals surface area contributed by atoms with Crippen molar-refractivity contribution in [3.63, 3.8) is 0 Å². The van der Waals surface area contributed by atoms with Crippen LogP contribution in [-0.4, -0.2) is 50.1 Å². The van der Waals surface area contributed by atoms with Crippen molar-refractivity contribution in [2.75, 3.05) is 13.2 Å². The van der Waals surface area contributed by atoms with Gasteiger partial charge >= 0.3 is 0 Å². The highest BCUT2D eigenvalue weighted by Crippen LogP contribution is 2.30. The lowest BCUT2D eigenvalue weighted by Crippen LogP contribution is -2.58. The van der Waals surface area contributed by atoms with Gasteiger partial charge in [-0.05, 0) is 13.8 Å². The smallest absolute Gasteiger partial charge is 0.156 e. The van der Waals surface area contributed by atoms with Crippen molar-refractivity contribution in [2.24, 2.45) is 0 Å². The topological polar surface area (TPSA) is 58.9 Å². The number of hydrogen-bond donors (Lipinski definition) is 1. The van der Waals surface area contributed by atoms with Crippen molar-refractivity contribution in [3.8, 4) is 0 Å². The maximum Gasteiger partial charge on any atom is 0.156 e. The van der Waals surface area contributed by atoms with Gasteiger partial charge in [0.25, 0.3) is 0 Å². The Labute approximate surface area is 89.0 Å². The molecule has 5 heteroatoms. The average molecular weight is 215 g/mol. The van der Waals surface area contributed by atoms with E-state index in [9.17, 15) is 0 Å². The van der Waals surface area contributed by atoms with Crippen molar-refractivity contribution in [3.05, 3.63) is 0 Å². The predicted molar refractivity (Wildman–Crippen MR) is 51.3 cm³/mol. The first-order valence-electron chi connectivity index (χ1n) is 5.55. The molecule has 3 aliphatic rings. The Balaban J connectivity index is 1.74. The number of hydrogen-bond acceptors (Lipinski definition) is 5. The van der Waals surface area contributed by atoms with E-state index in [0.717, 1.165) is 6.54 Å². The Kier molecular flexibility index (Phi) is 2.45. The molecular formula is C10H17NO4. The zero-order valence-corrected chi connectivity index (χ0v) is 9.01. The van der Waals surface area contributed by atoms with Crippen LogP contribution in [0.25, 0.3) is 0 Å². The summed E-state index contributed by atoms with van der Waals surface area (Å²) in [4.78, 5) is 0. The van der Waals surface area contributed by atoms with Crippen molar-refractivity contribution in [2.45, 2.75) is 50.8 Å². The summed E-state index contributed by atoms with van der Waals surface area (Å²) in [5, 5.41) is 3.27. The second-order valence-electron chi connectivity index (χ2n) is 4.36. The van der Waals surface area contributed by atoms with E-state index in [0.29, 0.717) is 12.6 Å². The number of nitrogens with one attached hydrogen (secondary N) is 1. The molecule has 0 aromatic heterocycles. The van der Waals surface area contributed by atoms with Crippen LogP contribution in [0.4, 0.5) is 0 Å². The van der Waals surface area contributed by atoms with Crippen molar-refractivity contribution in [1.29, 1.82) is 0 Å². The molecule has 0 saturated carbocycles. The molecule has 0 unspecified atom stereocenters. The summed E-state index contributed by atoms with van der Waals surface area (Å²) in [6.07, 6.45) is -0.209. The third-order valence-electron chi connectivity index (χ3n) is 3.09. The lowest BCUT2D eigenvalue weighted by molar-refractivity contribution is -0.350. The van der Waals surface area contributed by atoms with Gasteiger partial charge in [0.1, 0.15) is 18.3 Å². The monoisotopic (exact) mass is 215 g/mol. The fourth-order valence-corrected chi connectivity index (χ4v) is 2.28. The average Bonchev–Trinajstić information content (AvgIpc) is 3.01. The van der Waals surface area contributed by atoms with Gasteiger partial charge in [0, 0.05) is 12.6 Å². The van der Waals surface area contributed by atoms with E-state index >= 15 is 0 Å². The van der Waals surface area contributed by atoms with Crippen LogP contribution in [0.2, 0.25) is 0 Å². The van der Waals surface area contributed by atoms with Gasteiger partial charge in [-0.15, -0.1) is 0 Å². The highest BCUT2D eigenvalue weighted by Gasteiger charge is 2.48. The molecule has 86 valence electrons. The maximum atomic E-state index is 5.76. The Morgan fingerprint density at radius 3 is 2.47 bits per heavy atom. The Morgan fingerprint density at radius 1 is 1.00 bits per heavy atom. The van der Waals surface area contributed by atoms with E-state index in [1.165, 1.54) is 0 Å². The van der Waals surface area contributed by atoms with Crippen LogP contribution < -0.4 is 5.32 Å². The van der Waals surface area contributed by atoms with Crippen molar-refractivity contribution in [1.82, 2.24) is 5.32 Å². The lowest BCUT2D eigenvalue weighted by atomic mass is 10.0. The first-order valence-corrected chi connectivity index (χ1v) is 5.55. The van der Waals surface area contributed by atoms with Crippen LogP contribution >= 0.6 is 0 Å². The number of fused-ring (bicyclic) bond motifs is 1. The minimum Gasteiger partial charge on any atom is -0.350 e. The highest BCUT2D eigenvalue weighted by atomic mass is 16.8. The van der Waals surface area contributed by atoms with E-state index in [4.69, 9.17) is 18.9 Å². The molecule has 0 aromatic carbocycles. The van der Waals surface area contributed by atoms with Gasteiger partial charge in [-0.3, -0.25) is 0 Å². The van der Waals surface area contributed by atoms with Gasteiger partial charge in [0.05, 0.1) is 6.61 Å². The predicted octanol–water partition coefficient (Wildman–Crippen LogP) is -0.150. The Hall–Kier alpha value is -0.200. The molecule has 3 saturated heterocycles. The van der Waals surface area contributed by atoms with E-state index in [-0.39, 0.29) is 30.9 Å². The van der Waals surface area contributed by atoms with E-state index in [1.807, 2.05) is 13.8 Å². The standard InChI is InChI=1S/C10H17NO4/c1-5-12-4-8-10(14-5)9(7-3-11-7)15-6(2)13-8/h5-11H,3-4H2,1-2H3/t5-,6+,7-,8+,9-,10+/m0/s1. The summed E-state index contributed by atoms with van der Waals surface area (Å²) >= 11 is 0. The summed E-state index contributed by atoms with van der Waals surface area (Å²) in [5.41, 5.74) is 0. The third-order valence-corrected chi connectivity index (χ3v) is 3.09. The van der Waals surface area contributed by atoms with Gasteiger partial charge in [0.2, 0.25) is 0 Å². The van der Waals surface area contributed by atoms with Gasteiger partial charge < -0.3 is 24.3 Å². The highest BCUT2D eigenvalue weighted by molar-refractivity contribution is 5.00. The largest absolute Gasteiger partial charge is 0.350 e. The zero-order chi connectivity index (χ0) is 10.4. The van der Waals surface area contributed by atoms with Crippen LogP contribution in [0.5, 0.6) is 0 Å². The SMILES string of the molecule is C[C@H]1OC[C@H]2O[C@@H](C)O[C@@H]([C@@H]3CN3)[C@@H]2O1. The van der Waals surface area contributed by atoms with Crippen LogP contribution in [0.1, 0.15) is 13.8 Å². The molecule has 0 aliphatic carbocycles. The Morgan fingerprint density at radius 2 is 1.73 bits per heavy atom. The first kappa shape index (κ1) is 9.99. The molecule has 6 atom stereocenters. The summed E-state index contributed by atoms with van der Waals surface area (Å²) in [6.45, 7) is 5.44. The minimum atomic E-state index is -0.167. The molecular weight excluding hydrogens is 198 g/mol. The molecule has 1 N–H and O–H groups in total. The molecule has 3 fully saturated rings. The fraction of sp³-hybridized carbons (Fsp3) is 1.00. The maximum absolute atomic E-state index is 5.76. The molecule has 0 amide bonds. The summed E-state index contributed by atoms with van der Waals surface area (Å²) in [5.74, 6) is 0. The quantitative estimate of drug-likeness (QED) is 0.616. The number of ether oxygens (including phenoxy) is 4. The van der Waals surface area contributed by atoms with E-state index in [1.54, 1.807) is 0 Å². The van der Waals surface area contributed by atoms with Crippen LogP contribution in [-0.2, 0) is 18.9 Å². The van der Waals surface area contributed by atoms with Crippen LogP contribution in [0.15, 0.2) is 0 Å². The first-order chi connectivity index (χ1) is 7.24. The van der Waals surface area contributed by atoms with Crippen molar-refractivity contribution >= 4 is 0 Å². The molecule has 0 bridgehead atoms. The summed E-state index contributed by atoms with van der Waals surface area (Å²) in [6, 6.07) is 0.425. The second-order valence-corrected chi connectivity index (χ2v) is 4.36. The third kappa shape index (κ3) is 1.90. The fourth-order valence-electron chi connectivity index (χ4n) is 2.28. The molecule has 0 spiro atoms. The lowest BCUT2D eigenvalue weighted by Gasteiger charge is -2.44. The Bertz CT molecular complexity index is 246. The van der Waals surface area contributed by atoms with Gasteiger partial charge in [-0.1, -0.05) is 0 Å². The summed E-state index contributed by atoms with van der Waals surface area (Å²) < 4.78 is 22.6. The molecule has 0 radical (unpaired) electrons. The molecule has 15 heavy (non-hydrogen) atoms. The van der Waals surface area contributed by atoms with E-state index in [2.05, 4.69) is 5.32 Å². The molecule has 3 aliphatic heterocycles. The molecule has 3 heterocycles. The van der Waals surface area contributed by atoms with Crippen LogP contribution in [0, 0.1) is 0 Å². The van der Waals surface area contributed by atoms with Crippen LogP contribution in [0.3, 0.4) is 0 Å². The van der Waals surface area contributed by atoms with E-state index < -0.39 is 0 Å². The van der Waals surface area contributed by atoms with Gasteiger partial charge in [-0.2, -0.15) is 0 Å².